The molecule has 0 aliphatic rings. The second kappa shape index (κ2) is 12.1. The van der Waals surface area contributed by atoms with Gasteiger partial charge in [-0.2, -0.15) is 26.3 Å². The molecule has 1 amide bonds. The van der Waals surface area contributed by atoms with Gasteiger partial charge in [0, 0.05) is 24.7 Å². The topological polar surface area (TPSA) is 67.5 Å². The zero-order valence-corrected chi connectivity index (χ0v) is 18.3. The number of alkyl halides is 6. The molecule has 0 saturated heterocycles. The average Bonchev–Trinajstić information content (AvgIpc) is 2.75. The fourth-order valence-electron chi connectivity index (χ4n) is 2.75. The van der Waals surface area contributed by atoms with Crippen LogP contribution in [0.2, 0.25) is 0 Å². The van der Waals surface area contributed by atoms with Crippen molar-refractivity contribution in [1.29, 1.82) is 0 Å². The minimum Gasteiger partial charge on any atom is -0.370 e. The fraction of sp³-hybridized carbons (Fsp3) is 0.304. The predicted octanol–water partition coefficient (Wildman–Crippen LogP) is 5.68. The minimum absolute atomic E-state index is 0.0240. The summed E-state index contributed by atoms with van der Waals surface area (Å²) >= 11 is 0. The van der Waals surface area contributed by atoms with Gasteiger partial charge in [0.25, 0.3) is 0 Å². The molecule has 3 N–H and O–H groups in total. The second-order valence-corrected chi connectivity index (χ2v) is 6.65. The van der Waals surface area contributed by atoms with E-state index in [1.165, 1.54) is 7.05 Å². The molecular formula is C23H25F6N3O. The first kappa shape index (κ1) is 27.7. The van der Waals surface area contributed by atoms with E-state index >= 15 is 0 Å². The maximum absolute atomic E-state index is 12.7. The van der Waals surface area contributed by atoms with Gasteiger partial charge in [0.05, 0.1) is 11.1 Å². The molecule has 2 aromatic carbocycles. The Morgan fingerprint density at radius 1 is 0.939 bits per heavy atom. The molecule has 0 unspecified atom stereocenters. The predicted molar refractivity (Wildman–Crippen MR) is 116 cm³/mol. The number of halogens is 6. The highest BCUT2D eigenvalue weighted by Crippen LogP contribution is 2.36. The van der Waals surface area contributed by atoms with E-state index in [0.29, 0.717) is 24.3 Å². The van der Waals surface area contributed by atoms with E-state index in [1.807, 2.05) is 43.3 Å². The minimum atomic E-state index is -4.86. The molecule has 0 heterocycles. The molecule has 0 fully saturated rings. The number of hydrogen-bond donors (Lipinski definition) is 2. The van der Waals surface area contributed by atoms with Gasteiger partial charge in [-0.25, -0.2) is 0 Å². The van der Waals surface area contributed by atoms with Crippen LogP contribution < -0.4 is 11.1 Å². The third-order valence-corrected chi connectivity index (χ3v) is 4.19. The number of nitrogens with zero attached hydrogens (tertiary/aromatic N) is 1. The molecule has 2 aromatic rings. The molecule has 0 radical (unpaired) electrons. The third-order valence-electron chi connectivity index (χ3n) is 4.19. The lowest BCUT2D eigenvalue weighted by molar-refractivity contribution is -0.143. The van der Waals surface area contributed by atoms with Crippen LogP contribution in [0.4, 0.5) is 26.3 Å². The lowest BCUT2D eigenvalue weighted by Gasteiger charge is -2.15. The lowest BCUT2D eigenvalue weighted by atomic mass is 10.0. The van der Waals surface area contributed by atoms with Gasteiger partial charge in [-0.05, 0) is 37.1 Å². The molecule has 0 aromatic heterocycles. The number of nitrogens with two attached hydrogens (primary N) is 1. The Morgan fingerprint density at radius 2 is 1.45 bits per heavy atom. The van der Waals surface area contributed by atoms with E-state index < -0.39 is 23.5 Å². The SMILES string of the molecule is CC/C=C(/C(N)=O)c1ccccc1.CCNC(=NC)c1cc(C(F)(F)F)cc(C(F)(F)F)c1. The van der Waals surface area contributed by atoms with Crippen LogP contribution in [0, 0.1) is 0 Å². The van der Waals surface area contributed by atoms with E-state index in [0.717, 1.165) is 12.0 Å². The Kier molecular flexibility index (Phi) is 10.2. The average molecular weight is 473 g/mol. The molecule has 0 aliphatic heterocycles. The summed E-state index contributed by atoms with van der Waals surface area (Å²) in [5.74, 6) is -0.392. The van der Waals surface area contributed by atoms with E-state index in [9.17, 15) is 31.1 Å². The summed E-state index contributed by atoms with van der Waals surface area (Å²) in [6, 6.07) is 10.8. The van der Waals surface area contributed by atoms with Crippen molar-refractivity contribution in [3.8, 4) is 0 Å². The zero-order chi connectivity index (χ0) is 25.2. The number of amidine groups is 1. The number of benzene rings is 2. The zero-order valence-electron chi connectivity index (χ0n) is 18.3. The van der Waals surface area contributed by atoms with Crippen molar-refractivity contribution in [1.82, 2.24) is 5.32 Å². The number of carbonyl (C=O) groups is 1. The highest BCUT2D eigenvalue weighted by molar-refractivity contribution is 6.18. The first-order chi connectivity index (χ1) is 15.3. The van der Waals surface area contributed by atoms with Gasteiger partial charge < -0.3 is 11.1 Å². The van der Waals surface area contributed by atoms with Gasteiger partial charge in [0.2, 0.25) is 5.91 Å². The van der Waals surface area contributed by atoms with Gasteiger partial charge in [-0.3, -0.25) is 9.79 Å². The monoisotopic (exact) mass is 473 g/mol. The number of primary amides is 1. The molecule has 2 rings (SSSR count). The van der Waals surface area contributed by atoms with Crippen molar-refractivity contribution < 1.29 is 31.1 Å². The summed E-state index contributed by atoms with van der Waals surface area (Å²) in [5.41, 5.74) is 3.76. The summed E-state index contributed by atoms with van der Waals surface area (Å²) in [6.45, 7) is 3.96. The van der Waals surface area contributed by atoms with E-state index in [-0.39, 0.29) is 23.4 Å². The van der Waals surface area contributed by atoms with E-state index in [4.69, 9.17) is 5.73 Å². The Bertz CT molecular complexity index is 948. The maximum atomic E-state index is 12.7. The summed E-state index contributed by atoms with van der Waals surface area (Å²) in [7, 11) is 1.28. The van der Waals surface area contributed by atoms with Crippen molar-refractivity contribution in [3.05, 3.63) is 76.9 Å². The number of hydrogen-bond acceptors (Lipinski definition) is 2. The molecule has 0 aliphatic carbocycles. The Balaban J connectivity index is 0.000000361. The van der Waals surface area contributed by atoms with Crippen molar-refractivity contribution >= 4 is 17.3 Å². The van der Waals surface area contributed by atoms with Crippen molar-refractivity contribution in [3.63, 3.8) is 0 Å². The number of rotatable bonds is 5. The summed E-state index contributed by atoms with van der Waals surface area (Å²) in [5, 5.41) is 2.62. The fourth-order valence-corrected chi connectivity index (χ4v) is 2.75. The lowest BCUT2D eigenvalue weighted by Crippen LogP contribution is -2.25. The van der Waals surface area contributed by atoms with Gasteiger partial charge in [0.15, 0.2) is 0 Å². The highest BCUT2D eigenvalue weighted by atomic mass is 19.4. The van der Waals surface area contributed by atoms with Crippen molar-refractivity contribution in [2.75, 3.05) is 13.6 Å². The number of allylic oxidation sites excluding steroid dienone is 1. The molecule has 0 spiro atoms. The summed E-state index contributed by atoms with van der Waals surface area (Å²) < 4.78 is 76.0. The highest BCUT2D eigenvalue weighted by Gasteiger charge is 2.37. The number of nitrogens with one attached hydrogen (secondary N) is 1. The maximum Gasteiger partial charge on any atom is 0.416 e. The van der Waals surface area contributed by atoms with Gasteiger partial charge in [-0.15, -0.1) is 0 Å². The van der Waals surface area contributed by atoms with E-state index in [1.54, 1.807) is 6.92 Å². The quantitative estimate of drug-likeness (QED) is 0.254. The smallest absolute Gasteiger partial charge is 0.370 e. The van der Waals surface area contributed by atoms with Gasteiger partial charge in [-0.1, -0.05) is 43.3 Å². The molecule has 33 heavy (non-hydrogen) atoms. The van der Waals surface area contributed by atoms with Crippen LogP contribution in [0.25, 0.3) is 5.57 Å². The first-order valence-corrected chi connectivity index (χ1v) is 9.90. The summed E-state index contributed by atoms with van der Waals surface area (Å²) in [6.07, 6.45) is -7.06. The molecule has 10 heteroatoms. The molecule has 180 valence electrons. The summed E-state index contributed by atoms with van der Waals surface area (Å²) in [4.78, 5) is 14.7. The van der Waals surface area contributed by atoms with Crippen LogP contribution in [0.3, 0.4) is 0 Å². The van der Waals surface area contributed by atoms with Crippen LogP contribution in [0.15, 0.2) is 59.6 Å². The molecule has 0 saturated carbocycles. The molecule has 0 atom stereocenters. The number of carbonyl (C=O) groups excluding carboxylic acids is 1. The Hall–Kier alpha value is -3.30. The van der Waals surface area contributed by atoms with Crippen molar-refractivity contribution in [2.24, 2.45) is 10.7 Å². The number of amides is 1. The van der Waals surface area contributed by atoms with Crippen LogP contribution in [0.5, 0.6) is 0 Å². The van der Waals surface area contributed by atoms with Crippen LogP contribution in [0.1, 0.15) is 42.5 Å². The van der Waals surface area contributed by atoms with Crippen molar-refractivity contribution in [2.45, 2.75) is 32.6 Å². The normalized spacial score (nSPS) is 12.6. The Labute approximate surface area is 188 Å². The Morgan fingerprint density at radius 3 is 1.82 bits per heavy atom. The van der Waals surface area contributed by atoms with Crippen LogP contribution in [-0.2, 0) is 17.1 Å². The second-order valence-electron chi connectivity index (χ2n) is 6.65. The standard InChI is InChI=1S/C12H12F6N2.C11H13NO/c1-3-20-10(19-2)7-4-8(11(13,14)15)6-9(5-7)12(16,17)18;1-2-6-10(11(12)13)9-7-4-3-5-8-9/h4-6H,3H2,1-2H3,(H,19,20);3-8H,2H2,1H3,(H2,12,13)/b;10-6+. The largest absolute Gasteiger partial charge is 0.416 e. The van der Waals surface area contributed by atoms with Crippen LogP contribution >= 0.6 is 0 Å². The third kappa shape index (κ3) is 8.63. The first-order valence-electron chi connectivity index (χ1n) is 9.90. The van der Waals surface area contributed by atoms with Crippen LogP contribution in [-0.4, -0.2) is 25.3 Å². The molecule has 4 nitrogen and oxygen atoms in total. The molecule has 0 bridgehead atoms. The van der Waals surface area contributed by atoms with Gasteiger partial charge >= 0.3 is 12.4 Å². The number of aliphatic imine (C=N–C) groups is 1. The van der Waals surface area contributed by atoms with E-state index in [2.05, 4.69) is 10.3 Å². The van der Waals surface area contributed by atoms with Gasteiger partial charge in [0.1, 0.15) is 5.84 Å². The molecular weight excluding hydrogens is 448 g/mol.